The number of hydrogen-bond acceptors (Lipinski definition) is 2. The second kappa shape index (κ2) is 5.85. The average molecular weight is 327 g/mol. The molecule has 0 saturated carbocycles. The molecule has 3 rings (SSSR count). The van der Waals surface area contributed by atoms with E-state index < -0.39 is 11.7 Å². The Morgan fingerprint density at radius 1 is 1.12 bits per heavy atom. The maximum Gasteiger partial charge on any atom is 0.416 e. The number of alkyl halides is 3. The third kappa shape index (κ3) is 2.88. The Morgan fingerprint density at radius 3 is 2.38 bits per heavy atom. The maximum absolute atomic E-state index is 12.6. The van der Waals surface area contributed by atoms with Crippen LogP contribution in [0.25, 0.3) is 22.7 Å². The van der Waals surface area contributed by atoms with E-state index in [1.165, 1.54) is 18.2 Å². The maximum atomic E-state index is 12.6. The highest BCUT2D eigenvalue weighted by Crippen LogP contribution is 2.29. The highest BCUT2D eigenvalue weighted by atomic mass is 19.4. The molecule has 0 bridgehead atoms. The molecule has 1 heterocycles. The molecule has 0 unspecified atom stereocenters. The van der Waals surface area contributed by atoms with Gasteiger partial charge in [-0.25, -0.2) is 4.98 Å². The summed E-state index contributed by atoms with van der Waals surface area (Å²) in [6.45, 7) is 0. The van der Waals surface area contributed by atoms with E-state index in [4.69, 9.17) is 0 Å². The van der Waals surface area contributed by atoms with Crippen LogP contribution in [-0.4, -0.2) is 9.55 Å². The zero-order chi connectivity index (χ0) is 17.3. The summed E-state index contributed by atoms with van der Waals surface area (Å²) >= 11 is 0. The fraction of sp³-hybridized carbons (Fsp3) is 0.111. The third-order valence-electron chi connectivity index (χ3n) is 3.70. The number of nitrogens with zero attached hydrogens (tertiary/aromatic N) is 3. The number of aromatic nitrogens is 2. The number of benzene rings is 2. The summed E-state index contributed by atoms with van der Waals surface area (Å²) in [5.74, 6) is 0.471. The van der Waals surface area contributed by atoms with Gasteiger partial charge in [-0.15, -0.1) is 0 Å². The highest BCUT2D eigenvalue weighted by Gasteiger charge is 2.29. The Bertz CT molecular complexity index is 958. The summed E-state index contributed by atoms with van der Waals surface area (Å²) in [5, 5.41) is 9.42. The molecule has 0 amide bonds. The molecule has 3 aromatic rings. The van der Waals surface area contributed by atoms with E-state index in [9.17, 15) is 18.4 Å². The normalized spacial score (nSPS) is 12.4. The fourth-order valence-corrected chi connectivity index (χ4v) is 2.47. The third-order valence-corrected chi connectivity index (χ3v) is 3.70. The Morgan fingerprint density at radius 2 is 1.79 bits per heavy atom. The van der Waals surface area contributed by atoms with Gasteiger partial charge in [0.25, 0.3) is 0 Å². The number of allylic oxidation sites excluding steroid dienone is 1. The van der Waals surface area contributed by atoms with E-state index in [0.29, 0.717) is 11.4 Å². The van der Waals surface area contributed by atoms with Crippen molar-refractivity contribution in [3.8, 4) is 6.07 Å². The van der Waals surface area contributed by atoms with Gasteiger partial charge in [0.15, 0.2) is 5.82 Å². The van der Waals surface area contributed by atoms with Crippen molar-refractivity contribution in [2.75, 3.05) is 0 Å². The van der Waals surface area contributed by atoms with Gasteiger partial charge in [0.1, 0.15) is 6.07 Å². The second-order valence-electron chi connectivity index (χ2n) is 5.27. The number of nitriles is 1. The van der Waals surface area contributed by atoms with E-state index in [0.717, 1.165) is 23.2 Å². The molecule has 0 fully saturated rings. The first-order chi connectivity index (χ1) is 11.4. The Balaban J connectivity index is 2.03. The topological polar surface area (TPSA) is 41.6 Å². The van der Waals surface area contributed by atoms with Crippen molar-refractivity contribution >= 4 is 22.7 Å². The van der Waals surface area contributed by atoms with E-state index in [2.05, 4.69) is 11.1 Å². The molecular weight excluding hydrogens is 315 g/mol. The zero-order valence-electron chi connectivity index (χ0n) is 12.7. The number of fused-ring (bicyclic) bond motifs is 1. The van der Waals surface area contributed by atoms with Crippen molar-refractivity contribution < 1.29 is 13.2 Å². The van der Waals surface area contributed by atoms with Crippen LogP contribution in [0.15, 0.2) is 48.5 Å². The number of imidazole rings is 1. The summed E-state index contributed by atoms with van der Waals surface area (Å²) in [5.41, 5.74) is 1.70. The number of rotatable bonds is 2. The van der Waals surface area contributed by atoms with Gasteiger partial charge in [-0.05, 0) is 35.9 Å². The van der Waals surface area contributed by atoms with E-state index >= 15 is 0 Å². The molecule has 120 valence electrons. The van der Waals surface area contributed by atoms with Crippen molar-refractivity contribution in [1.82, 2.24) is 9.55 Å². The number of halogens is 3. The van der Waals surface area contributed by atoms with Crippen LogP contribution in [-0.2, 0) is 13.2 Å². The van der Waals surface area contributed by atoms with Gasteiger partial charge >= 0.3 is 6.18 Å². The van der Waals surface area contributed by atoms with Crippen LogP contribution in [0.2, 0.25) is 0 Å². The van der Waals surface area contributed by atoms with Crippen molar-refractivity contribution in [1.29, 1.82) is 5.26 Å². The van der Waals surface area contributed by atoms with Crippen LogP contribution in [0.4, 0.5) is 13.2 Å². The molecule has 24 heavy (non-hydrogen) atoms. The lowest BCUT2D eigenvalue weighted by Gasteiger charge is -2.06. The van der Waals surface area contributed by atoms with Crippen molar-refractivity contribution in [2.45, 2.75) is 6.18 Å². The Kier molecular flexibility index (Phi) is 3.86. The fourth-order valence-electron chi connectivity index (χ4n) is 2.47. The number of hydrogen-bond donors (Lipinski definition) is 0. The first kappa shape index (κ1) is 15.8. The smallest absolute Gasteiger partial charge is 0.327 e. The lowest BCUT2D eigenvalue weighted by molar-refractivity contribution is -0.137. The second-order valence-corrected chi connectivity index (χ2v) is 5.27. The molecule has 1 aromatic heterocycles. The van der Waals surface area contributed by atoms with Crippen LogP contribution < -0.4 is 0 Å². The predicted octanol–water partition coefficient (Wildman–Crippen LogP) is 4.66. The molecular formula is C18H12F3N3. The Labute approximate surface area is 136 Å². The minimum atomic E-state index is -4.38. The predicted molar refractivity (Wildman–Crippen MR) is 85.6 cm³/mol. The lowest BCUT2D eigenvalue weighted by Crippen LogP contribution is -2.04. The van der Waals surface area contributed by atoms with Gasteiger partial charge in [0.2, 0.25) is 0 Å². The summed E-state index contributed by atoms with van der Waals surface area (Å²) in [6.07, 6.45) is -2.85. The van der Waals surface area contributed by atoms with Crippen LogP contribution in [0, 0.1) is 11.3 Å². The number of aryl methyl sites for hydroxylation is 1. The van der Waals surface area contributed by atoms with Crippen LogP contribution in [0.1, 0.15) is 17.0 Å². The summed E-state index contributed by atoms with van der Waals surface area (Å²) in [7, 11) is 1.79. The quantitative estimate of drug-likeness (QED) is 0.643. The lowest BCUT2D eigenvalue weighted by atomic mass is 10.1. The number of para-hydroxylation sites is 2. The van der Waals surface area contributed by atoms with Crippen molar-refractivity contribution in [3.63, 3.8) is 0 Å². The van der Waals surface area contributed by atoms with Gasteiger partial charge in [0.05, 0.1) is 22.2 Å². The van der Waals surface area contributed by atoms with Crippen molar-refractivity contribution in [3.05, 3.63) is 65.5 Å². The van der Waals surface area contributed by atoms with Gasteiger partial charge in [-0.2, -0.15) is 18.4 Å². The van der Waals surface area contributed by atoms with E-state index in [1.54, 1.807) is 11.6 Å². The molecule has 0 aliphatic carbocycles. The molecule has 0 aliphatic rings. The molecule has 2 aromatic carbocycles. The molecule has 0 N–H and O–H groups in total. The first-order valence-electron chi connectivity index (χ1n) is 7.11. The van der Waals surface area contributed by atoms with Gasteiger partial charge in [0, 0.05) is 7.05 Å². The SMILES string of the molecule is Cn1c(/C(C#N)=C\c2ccc(C(F)(F)F)cc2)nc2ccccc21. The minimum Gasteiger partial charge on any atom is -0.327 e. The first-order valence-corrected chi connectivity index (χ1v) is 7.11. The monoisotopic (exact) mass is 327 g/mol. The average Bonchev–Trinajstić information content (AvgIpc) is 2.89. The van der Waals surface area contributed by atoms with Crippen molar-refractivity contribution in [2.24, 2.45) is 7.05 Å². The summed E-state index contributed by atoms with van der Waals surface area (Å²) in [4.78, 5) is 4.43. The van der Waals surface area contributed by atoms with Gasteiger partial charge < -0.3 is 4.57 Å². The molecule has 0 saturated heterocycles. The zero-order valence-corrected chi connectivity index (χ0v) is 12.7. The largest absolute Gasteiger partial charge is 0.416 e. The summed E-state index contributed by atoms with van der Waals surface area (Å²) in [6, 6.07) is 14.2. The van der Waals surface area contributed by atoms with E-state index in [-0.39, 0.29) is 5.57 Å². The van der Waals surface area contributed by atoms with E-state index in [1.807, 2.05) is 24.3 Å². The van der Waals surface area contributed by atoms with Gasteiger partial charge in [-0.3, -0.25) is 0 Å². The Hall–Kier alpha value is -3.07. The molecule has 6 heteroatoms. The highest BCUT2D eigenvalue weighted by molar-refractivity contribution is 5.90. The molecule has 0 aliphatic heterocycles. The molecule has 0 spiro atoms. The van der Waals surface area contributed by atoms with Gasteiger partial charge in [-0.1, -0.05) is 24.3 Å². The molecule has 0 atom stereocenters. The van der Waals surface area contributed by atoms with Crippen LogP contribution in [0.5, 0.6) is 0 Å². The molecule has 0 radical (unpaired) electrons. The van der Waals surface area contributed by atoms with Crippen LogP contribution in [0.3, 0.4) is 0 Å². The summed E-state index contributed by atoms with van der Waals surface area (Å²) < 4.78 is 39.6. The van der Waals surface area contributed by atoms with Crippen LogP contribution >= 0.6 is 0 Å². The standard InChI is InChI=1S/C18H12F3N3/c1-24-16-5-3-2-4-15(16)23-17(24)13(11-22)10-12-6-8-14(9-7-12)18(19,20)21/h2-10H,1H3/b13-10-. The molecule has 3 nitrogen and oxygen atoms in total. The minimum absolute atomic E-state index is 0.286.